The van der Waals surface area contributed by atoms with E-state index in [4.69, 9.17) is 13.7 Å². The molecule has 7 nitrogen and oxygen atoms in total. The van der Waals surface area contributed by atoms with Gasteiger partial charge in [0.2, 0.25) is 11.7 Å². The SMILES string of the molecule is FC(F)(F)c1nn(Cc2nc(-c3ccoc3)no2)c2c1COCC2. The summed E-state index contributed by atoms with van der Waals surface area (Å²) in [5, 5.41) is 7.48. The summed E-state index contributed by atoms with van der Waals surface area (Å²) in [6, 6.07) is 1.66. The predicted octanol–water partition coefficient (Wildman–Crippen LogP) is 2.67. The molecule has 0 unspecified atom stereocenters. The Kier molecular flexibility index (Phi) is 3.41. The summed E-state index contributed by atoms with van der Waals surface area (Å²) >= 11 is 0. The first-order valence-corrected chi connectivity index (χ1v) is 7.11. The molecular formula is C14H11F3N4O3. The first-order chi connectivity index (χ1) is 11.5. The van der Waals surface area contributed by atoms with Crippen molar-refractivity contribution in [3.8, 4) is 11.4 Å². The fourth-order valence-electron chi connectivity index (χ4n) is 2.62. The topological polar surface area (TPSA) is 79.1 Å². The van der Waals surface area contributed by atoms with Crippen molar-refractivity contribution in [2.75, 3.05) is 6.61 Å². The van der Waals surface area contributed by atoms with Crippen molar-refractivity contribution in [2.24, 2.45) is 0 Å². The van der Waals surface area contributed by atoms with Gasteiger partial charge in [-0.05, 0) is 6.07 Å². The van der Waals surface area contributed by atoms with E-state index < -0.39 is 11.9 Å². The highest BCUT2D eigenvalue weighted by atomic mass is 19.4. The van der Waals surface area contributed by atoms with Crippen LogP contribution in [0.25, 0.3) is 11.4 Å². The van der Waals surface area contributed by atoms with E-state index in [1.54, 1.807) is 6.07 Å². The maximum Gasteiger partial charge on any atom is 0.435 e. The fourth-order valence-corrected chi connectivity index (χ4v) is 2.62. The number of furan rings is 1. The second-order valence-electron chi connectivity index (χ2n) is 5.26. The lowest BCUT2D eigenvalue weighted by molar-refractivity contribution is -0.142. The van der Waals surface area contributed by atoms with E-state index >= 15 is 0 Å². The van der Waals surface area contributed by atoms with Crippen LogP contribution in [0, 0.1) is 0 Å². The van der Waals surface area contributed by atoms with Crippen LogP contribution < -0.4 is 0 Å². The zero-order valence-corrected chi connectivity index (χ0v) is 12.2. The van der Waals surface area contributed by atoms with Crippen LogP contribution in [-0.4, -0.2) is 26.5 Å². The van der Waals surface area contributed by atoms with Crippen LogP contribution in [0.15, 0.2) is 27.5 Å². The molecule has 1 aliphatic rings. The van der Waals surface area contributed by atoms with Crippen LogP contribution >= 0.6 is 0 Å². The van der Waals surface area contributed by atoms with Crippen LogP contribution in [0.3, 0.4) is 0 Å². The quantitative estimate of drug-likeness (QED) is 0.729. The van der Waals surface area contributed by atoms with Gasteiger partial charge >= 0.3 is 6.18 Å². The first-order valence-electron chi connectivity index (χ1n) is 7.11. The first kappa shape index (κ1) is 14.9. The van der Waals surface area contributed by atoms with Crippen molar-refractivity contribution in [2.45, 2.75) is 25.7 Å². The van der Waals surface area contributed by atoms with Gasteiger partial charge in [0.25, 0.3) is 0 Å². The number of fused-ring (bicyclic) bond motifs is 1. The molecule has 3 aromatic heterocycles. The Balaban J connectivity index is 1.66. The molecule has 4 rings (SSSR count). The van der Waals surface area contributed by atoms with Gasteiger partial charge in [-0.2, -0.15) is 23.3 Å². The molecule has 10 heteroatoms. The highest BCUT2D eigenvalue weighted by Crippen LogP contribution is 2.34. The van der Waals surface area contributed by atoms with E-state index in [9.17, 15) is 13.2 Å². The van der Waals surface area contributed by atoms with Gasteiger partial charge in [0.1, 0.15) is 12.8 Å². The lowest BCUT2D eigenvalue weighted by Gasteiger charge is -2.14. The van der Waals surface area contributed by atoms with Gasteiger partial charge in [0, 0.05) is 17.7 Å². The number of hydrogen-bond acceptors (Lipinski definition) is 6. The van der Waals surface area contributed by atoms with Crippen LogP contribution in [0.2, 0.25) is 0 Å². The maximum absolute atomic E-state index is 13.1. The minimum absolute atomic E-state index is 0.0384. The van der Waals surface area contributed by atoms with E-state index in [1.807, 2.05) is 0 Å². The number of aromatic nitrogens is 4. The van der Waals surface area contributed by atoms with Gasteiger partial charge in [0.15, 0.2) is 5.69 Å². The highest BCUT2D eigenvalue weighted by molar-refractivity contribution is 5.51. The largest absolute Gasteiger partial charge is 0.472 e. The third kappa shape index (κ3) is 2.58. The normalized spacial score (nSPS) is 14.8. The van der Waals surface area contributed by atoms with Crippen molar-refractivity contribution in [3.05, 3.63) is 41.4 Å². The van der Waals surface area contributed by atoms with E-state index in [-0.39, 0.29) is 24.6 Å². The molecule has 0 atom stereocenters. The molecule has 0 radical (unpaired) electrons. The molecule has 0 aliphatic carbocycles. The molecule has 24 heavy (non-hydrogen) atoms. The Labute approximate surface area is 133 Å². The molecule has 4 heterocycles. The maximum atomic E-state index is 13.1. The van der Waals surface area contributed by atoms with Gasteiger partial charge in [-0.15, -0.1) is 0 Å². The number of rotatable bonds is 3. The molecule has 0 spiro atoms. The van der Waals surface area contributed by atoms with E-state index in [0.717, 1.165) is 0 Å². The van der Waals surface area contributed by atoms with Crippen LogP contribution in [0.4, 0.5) is 13.2 Å². The average molecular weight is 340 g/mol. The number of halogens is 3. The minimum atomic E-state index is -4.53. The molecule has 1 aliphatic heterocycles. The van der Waals surface area contributed by atoms with Gasteiger partial charge in [-0.1, -0.05) is 5.16 Å². The molecule has 3 aromatic rings. The van der Waals surface area contributed by atoms with Crippen molar-refractivity contribution in [3.63, 3.8) is 0 Å². The zero-order chi connectivity index (χ0) is 16.7. The number of nitrogens with zero attached hydrogens (tertiary/aromatic N) is 4. The second kappa shape index (κ2) is 5.48. The Bertz CT molecular complexity index is 851. The van der Waals surface area contributed by atoms with Gasteiger partial charge in [0.05, 0.1) is 25.0 Å². The third-order valence-electron chi connectivity index (χ3n) is 3.70. The van der Waals surface area contributed by atoms with Crippen molar-refractivity contribution < 1.29 is 26.8 Å². The van der Waals surface area contributed by atoms with Gasteiger partial charge in [-0.25, -0.2) is 0 Å². The monoisotopic (exact) mass is 340 g/mol. The zero-order valence-electron chi connectivity index (χ0n) is 12.2. The van der Waals surface area contributed by atoms with Gasteiger partial charge in [-0.3, -0.25) is 4.68 Å². The number of alkyl halides is 3. The summed E-state index contributed by atoms with van der Waals surface area (Å²) in [5.41, 5.74) is 0.253. The summed E-state index contributed by atoms with van der Waals surface area (Å²) in [5.74, 6) is 0.468. The average Bonchev–Trinajstić information content (AvgIpc) is 3.26. The summed E-state index contributed by atoms with van der Waals surface area (Å²) in [6.07, 6.45) is -1.28. The lowest BCUT2D eigenvalue weighted by atomic mass is 10.1. The Morgan fingerprint density at radius 2 is 2.17 bits per heavy atom. The highest BCUT2D eigenvalue weighted by Gasteiger charge is 2.40. The Morgan fingerprint density at radius 1 is 1.29 bits per heavy atom. The van der Waals surface area contributed by atoms with Crippen molar-refractivity contribution in [1.82, 2.24) is 19.9 Å². The number of hydrogen-bond donors (Lipinski definition) is 0. The Hall–Kier alpha value is -2.62. The fraction of sp³-hybridized carbons (Fsp3) is 0.357. The summed E-state index contributed by atoms with van der Waals surface area (Å²) < 4.78 is 55.8. The van der Waals surface area contributed by atoms with Crippen molar-refractivity contribution >= 4 is 0 Å². The summed E-state index contributed by atoms with van der Waals surface area (Å²) in [7, 11) is 0. The molecule has 0 saturated heterocycles. The van der Waals surface area contributed by atoms with Crippen LogP contribution in [-0.2, 0) is 30.5 Å². The predicted molar refractivity (Wildman–Crippen MR) is 71.7 cm³/mol. The Morgan fingerprint density at radius 3 is 2.92 bits per heavy atom. The number of ether oxygens (including phenoxy) is 1. The molecule has 126 valence electrons. The molecule has 0 bridgehead atoms. The van der Waals surface area contributed by atoms with Crippen molar-refractivity contribution in [1.29, 1.82) is 0 Å². The lowest BCUT2D eigenvalue weighted by Crippen LogP contribution is -2.15. The second-order valence-corrected chi connectivity index (χ2v) is 5.26. The van der Waals surface area contributed by atoms with E-state index in [1.165, 1.54) is 17.2 Å². The third-order valence-corrected chi connectivity index (χ3v) is 3.70. The summed E-state index contributed by atoms with van der Waals surface area (Å²) in [4.78, 5) is 4.16. The molecule has 0 aromatic carbocycles. The van der Waals surface area contributed by atoms with E-state index in [0.29, 0.717) is 30.1 Å². The smallest absolute Gasteiger partial charge is 0.435 e. The van der Waals surface area contributed by atoms with Gasteiger partial charge < -0.3 is 13.7 Å². The standard InChI is InChI=1S/C14H11F3N4O3/c15-14(16,17)12-9-7-23-4-2-10(9)21(19-12)5-11-18-13(20-24-11)8-1-3-22-6-8/h1,3,6H,2,4-5,7H2. The molecular weight excluding hydrogens is 329 g/mol. The van der Waals surface area contributed by atoms with Crippen LogP contribution in [0.1, 0.15) is 22.8 Å². The minimum Gasteiger partial charge on any atom is -0.472 e. The van der Waals surface area contributed by atoms with Crippen LogP contribution in [0.5, 0.6) is 0 Å². The van der Waals surface area contributed by atoms with E-state index in [2.05, 4.69) is 15.2 Å². The molecule has 0 amide bonds. The molecule has 0 N–H and O–H groups in total. The summed E-state index contributed by atoms with van der Waals surface area (Å²) in [6.45, 7) is 0.206. The molecule has 0 saturated carbocycles. The molecule has 0 fully saturated rings.